The van der Waals surface area contributed by atoms with Crippen LogP contribution in [0.5, 0.6) is 5.75 Å². The lowest BCUT2D eigenvalue weighted by Gasteiger charge is -2.28. The number of carbonyl (C=O) groups is 1. The summed E-state index contributed by atoms with van der Waals surface area (Å²) in [6.45, 7) is 17.4. The molecule has 0 aliphatic carbocycles. The van der Waals surface area contributed by atoms with Gasteiger partial charge in [-0.25, -0.2) is 0 Å². The average Bonchev–Trinajstić information content (AvgIpc) is 2.56. The Morgan fingerprint density at radius 3 is 1.93 bits per heavy atom. The Labute approximate surface area is 176 Å². The molecule has 0 aliphatic rings. The molecule has 1 atom stereocenters. The highest BCUT2D eigenvalue weighted by Gasteiger charge is 2.34. The topological polar surface area (TPSA) is 61.8 Å². The van der Waals surface area contributed by atoms with Gasteiger partial charge in [0, 0.05) is 24.9 Å². The lowest BCUT2D eigenvalue weighted by atomic mass is 9.78. The van der Waals surface area contributed by atoms with Crippen molar-refractivity contribution in [2.24, 2.45) is 0 Å². The lowest BCUT2D eigenvalue weighted by molar-refractivity contribution is -0.127. The van der Waals surface area contributed by atoms with Gasteiger partial charge in [-0.2, -0.15) is 0 Å². The maximum absolute atomic E-state index is 12.8. The predicted octanol–water partition coefficient (Wildman–Crippen LogP) is 6.14. The van der Waals surface area contributed by atoms with Gasteiger partial charge in [-0.05, 0) is 48.5 Å². The lowest BCUT2D eigenvalue weighted by Crippen LogP contribution is -2.32. The second-order valence-corrected chi connectivity index (χ2v) is 12.0. The third-order valence-electron chi connectivity index (χ3n) is 4.73. The van der Waals surface area contributed by atoms with Crippen LogP contribution in [0.15, 0.2) is 18.2 Å². The highest BCUT2D eigenvalue weighted by molar-refractivity contribution is 7.53. The van der Waals surface area contributed by atoms with Crippen LogP contribution in [0.2, 0.25) is 0 Å². The van der Waals surface area contributed by atoms with Crippen molar-refractivity contribution in [3.8, 4) is 5.75 Å². The summed E-state index contributed by atoms with van der Waals surface area (Å²) < 4.78 is 28.2. The van der Waals surface area contributed by atoms with Crippen molar-refractivity contribution in [3.05, 3.63) is 34.9 Å². The minimum Gasteiger partial charge on any atom is -0.496 e. The molecule has 0 saturated carbocycles. The van der Waals surface area contributed by atoms with Crippen molar-refractivity contribution < 1.29 is 23.1 Å². The summed E-state index contributed by atoms with van der Waals surface area (Å²) in [5, 5.41) is 0. The maximum atomic E-state index is 12.8. The number of hydrogen-bond acceptors (Lipinski definition) is 5. The van der Waals surface area contributed by atoms with Crippen molar-refractivity contribution in [1.29, 1.82) is 0 Å². The summed E-state index contributed by atoms with van der Waals surface area (Å²) in [4.78, 5) is 12.8. The molecule has 0 bridgehead atoms. The van der Waals surface area contributed by atoms with Gasteiger partial charge in [0.15, 0.2) is 5.78 Å². The van der Waals surface area contributed by atoms with Crippen molar-refractivity contribution in [1.82, 2.24) is 0 Å². The van der Waals surface area contributed by atoms with E-state index in [9.17, 15) is 9.36 Å². The fourth-order valence-corrected chi connectivity index (χ4v) is 3.85. The van der Waals surface area contributed by atoms with E-state index < -0.39 is 13.2 Å². The van der Waals surface area contributed by atoms with Crippen LogP contribution in [0.1, 0.15) is 72.1 Å². The molecule has 0 N–H and O–H groups in total. The Kier molecular flexibility index (Phi) is 7.73. The van der Waals surface area contributed by atoms with Crippen LogP contribution in [0.3, 0.4) is 0 Å². The fourth-order valence-electron chi connectivity index (χ4n) is 2.86. The normalized spacial score (nSPS) is 15.4. The first-order chi connectivity index (χ1) is 12.9. The minimum atomic E-state index is -3.30. The molecule has 0 fully saturated rings. The molecular formula is C23H37O5P. The van der Waals surface area contributed by atoms with E-state index in [1.54, 1.807) is 27.0 Å². The van der Waals surface area contributed by atoms with Gasteiger partial charge in [-0.15, -0.1) is 0 Å². The third-order valence-corrected chi connectivity index (χ3v) is 6.18. The van der Waals surface area contributed by atoms with Crippen molar-refractivity contribution >= 4 is 19.5 Å². The molecule has 164 valence electrons. The number of hydrogen-bond donors (Lipinski definition) is 0. The van der Waals surface area contributed by atoms with Gasteiger partial charge in [0.1, 0.15) is 11.4 Å². The molecular weight excluding hydrogens is 387 g/mol. The van der Waals surface area contributed by atoms with E-state index in [1.807, 2.05) is 6.07 Å². The molecule has 0 aromatic heterocycles. The van der Waals surface area contributed by atoms with Crippen LogP contribution in [-0.4, -0.2) is 32.3 Å². The molecule has 0 heterocycles. The molecule has 0 aliphatic heterocycles. The van der Waals surface area contributed by atoms with Crippen LogP contribution in [0.4, 0.5) is 0 Å². The standard InChI is InChI=1S/C23H37O5P/c1-21(2,3)17-14-16(20(26-9)18(15-17)22(4,5)6)12-13-19(24)23(7,8)28-29(11,25)27-10/h12-15H,1-11H3. The third kappa shape index (κ3) is 6.80. The summed E-state index contributed by atoms with van der Waals surface area (Å²) in [7, 11) is -0.361. The first-order valence-electron chi connectivity index (χ1n) is 9.74. The van der Waals surface area contributed by atoms with Crippen LogP contribution < -0.4 is 4.74 Å². The molecule has 0 spiro atoms. The van der Waals surface area contributed by atoms with Crippen molar-refractivity contribution in [2.45, 2.75) is 71.8 Å². The number of ether oxygens (including phenoxy) is 1. The van der Waals surface area contributed by atoms with Gasteiger partial charge in [-0.1, -0.05) is 47.6 Å². The van der Waals surface area contributed by atoms with Crippen LogP contribution >= 0.6 is 7.60 Å². The zero-order valence-electron chi connectivity index (χ0n) is 19.8. The molecule has 6 heteroatoms. The predicted molar refractivity (Wildman–Crippen MR) is 120 cm³/mol. The zero-order valence-corrected chi connectivity index (χ0v) is 20.7. The molecule has 29 heavy (non-hydrogen) atoms. The second-order valence-electron chi connectivity index (χ2n) is 9.90. The Bertz CT molecular complexity index is 823. The SMILES string of the molecule is COc1c(C=CC(=O)C(C)(C)OP(C)(=O)OC)cc(C(C)(C)C)cc1C(C)(C)C. The van der Waals surface area contributed by atoms with E-state index in [4.69, 9.17) is 13.8 Å². The van der Waals surface area contributed by atoms with Crippen molar-refractivity contribution in [2.75, 3.05) is 20.9 Å². The van der Waals surface area contributed by atoms with Gasteiger partial charge >= 0.3 is 7.60 Å². The number of methoxy groups -OCH3 is 1. The fraction of sp³-hybridized carbons (Fsp3) is 0.609. The van der Waals surface area contributed by atoms with Crippen LogP contribution in [0, 0.1) is 0 Å². The molecule has 0 amide bonds. The molecule has 1 rings (SSSR count). The quantitative estimate of drug-likeness (QED) is 0.389. The highest BCUT2D eigenvalue weighted by atomic mass is 31.2. The van der Waals surface area contributed by atoms with E-state index in [-0.39, 0.29) is 16.6 Å². The average molecular weight is 425 g/mol. The van der Waals surface area contributed by atoms with Gasteiger partial charge in [-0.3, -0.25) is 13.9 Å². The molecule has 1 aromatic carbocycles. The molecule has 1 aromatic rings. The Morgan fingerprint density at radius 2 is 1.52 bits per heavy atom. The van der Waals surface area contributed by atoms with E-state index in [1.165, 1.54) is 19.9 Å². The number of rotatable bonds is 7. The number of benzene rings is 1. The largest absolute Gasteiger partial charge is 0.496 e. The second kappa shape index (κ2) is 8.75. The molecule has 1 unspecified atom stereocenters. The zero-order chi connectivity index (χ0) is 22.8. The summed E-state index contributed by atoms with van der Waals surface area (Å²) in [5.41, 5.74) is 1.58. The smallest absolute Gasteiger partial charge is 0.328 e. The highest BCUT2D eigenvalue weighted by Crippen LogP contribution is 2.47. The molecule has 5 nitrogen and oxygen atoms in total. The first-order valence-corrected chi connectivity index (χ1v) is 11.7. The van der Waals surface area contributed by atoms with Crippen LogP contribution in [-0.2, 0) is 29.2 Å². The minimum absolute atomic E-state index is 0.0609. The van der Waals surface area contributed by atoms with Gasteiger partial charge < -0.3 is 9.26 Å². The Balaban J connectivity index is 3.46. The summed E-state index contributed by atoms with van der Waals surface area (Å²) in [6.07, 6.45) is 3.19. The molecule has 0 saturated heterocycles. The van der Waals surface area contributed by atoms with Crippen LogP contribution in [0.25, 0.3) is 6.08 Å². The summed E-state index contributed by atoms with van der Waals surface area (Å²) in [6, 6.07) is 4.22. The Hall–Kier alpha value is -1.42. The van der Waals surface area contributed by atoms with Crippen molar-refractivity contribution in [3.63, 3.8) is 0 Å². The van der Waals surface area contributed by atoms with E-state index in [0.29, 0.717) is 0 Å². The first kappa shape index (κ1) is 25.6. The monoisotopic (exact) mass is 424 g/mol. The van der Waals surface area contributed by atoms with E-state index in [0.717, 1.165) is 22.4 Å². The number of carbonyl (C=O) groups excluding carboxylic acids is 1. The van der Waals surface area contributed by atoms with E-state index >= 15 is 0 Å². The van der Waals surface area contributed by atoms with Gasteiger partial charge in [0.25, 0.3) is 0 Å². The van der Waals surface area contributed by atoms with E-state index in [2.05, 4.69) is 47.6 Å². The molecule has 0 radical (unpaired) electrons. The Morgan fingerprint density at radius 1 is 0.966 bits per heavy atom. The summed E-state index contributed by atoms with van der Waals surface area (Å²) in [5.74, 6) is 0.434. The maximum Gasteiger partial charge on any atom is 0.328 e. The summed E-state index contributed by atoms with van der Waals surface area (Å²) >= 11 is 0. The number of ketones is 1. The van der Waals surface area contributed by atoms with Gasteiger partial charge in [0.2, 0.25) is 0 Å². The van der Waals surface area contributed by atoms with Gasteiger partial charge in [0.05, 0.1) is 7.11 Å².